The Morgan fingerprint density at radius 2 is 1.65 bits per heavy atom. The minimum Gasteiger partial charge on any atom is -0.381 e. The third-order valence-electron chi connectivity index (χ3n) is 2.02. The van der Waals surface area contributed by atoms with Gasteiger partial charge in [-0.05, 0) is 31.0 Å². The van der Waals surface area contributed by atoms with Gasteiger partial charge in [-0.2, -0.15) is 13.2 Å². The lowest BCUT2D eigenvalue weighted by Crippen LogP contribution is -2.05. The summed E-state index contributed by atoms with van der Waals surface area (Å²) in [5.41, 5.74) is -0.991. The molecule has 96 valence electrons. The van der Waals surface area contributed by atoms with Gasteiger partial charge in [0.15, 0.2) is 0 Å². The van der Waals surface area contributed by atoms with Crippen molar-refractivity contribution in [1.29, 1.82) is 0 Å². The van der Waals surface area contributed by atoms with Crippen LogP contribution in [0.25, 0.3) is 0 Å². The van der Waals surface area contributed by atoms with Crippen LogP contribution in [0.2, 0.25) is 0 Å². The minimum absolute atomic E-state index is 0.0785. The monoisotopic (exact) mass is 314 g/mol. The molecule has 1 aromatic carbocycles. The van der Waals surface area contributed by atoms with Crippen LogP contribution >= 0.6 is 15.9 Å². The van der Waals surface area contributed by atoms with E-state index in [0.717, 1.165) is 25.3 Å². The molecule has 1 nitrogen and oxygen atoms in total. The van der Waals surface area contributed by atoms with Gasteiger partial charge in [-0.3, -0.25) is 0 Å². The van der Waals surface area contributed by atoms with E-state index in [9.17, 15) is 17.6 Å². The Hall–Kier alpha value is -0.620. The first-order chi connectivity index (χ1) is 7.89. The Morgan fingerprint density at radius 3 is 2.00 bits per heavy atom. The van der Waals surface area contributed by atoms with E-state index in [1.54, 1.807) is 0 Å². The van der Waals surface area contributed by atoms with Crippen molar-refractivity contribution in [3.8, 4) is 0 Å². The standard InChI is InChI=1S/C7H3BrF4.C4H8O/c8-5-1-4(7(10,11)12)2-6(9)3-5;1-2-4-5-3-1/h1-3H;1-4H2. The van der Waals surface area contributed by atoms with E-state index in [1.165, 1.54) is 12.8 Å². The molecule has 0 N–H and O–H groups in total. The molecule has 0 bridgehead atoms. The smallest absolute Gasteiger partial charge is 0.381 e. The van der Waals surface area contributed by atoms with Gasteiger partial charge in [0.05, 0.1) is 5.56 Å². The first-order valence-corrected chi connectivity index (χ1v) is 5.80. The van der Waals surface area contributed by atoms with Crippen LogP contribution in [0.3, 0.4) is 0 Å². The van der Waals surface area contributed by atoms with Crippen LogP contribution in [0.15, 0.2) is 22.7 Å². The molecule has 0 aliphatic carbocycles. The summed E-state index contributed by atoms with van der Waals surface area (Å²) in [5.74, 6) is -0.906. The molecule has 1 heterocycles. The van der Waals surface area contributed by atoms with Gasteiger partial charge >= 0.3 is 6.18 Å². The molecule has 0 saturated carbocycles. The van der Waals surface area contributed by atoms with Crippen molar-refractivity contribution in [3.05, 3.63) is 34.1 Å². The summed E-state index contributed by atoms with van der Waals surface area (Å²) in [6, 6.07) is 2.24. The van der Waals surface area contributed by atoms with Gasteiger partial charge in [0.25, 0.3) is 0 Å². The molecule has 0 radical (unpaired) electrons. The van der Waals surface area contributed by atoms with E-state index in [0.29, 0.717) is 6.07 Å². The van der Waals surface area contributed by atoms with Crippen molar-refractivity contribution in [2.75, 3.05) is 13.2 Å². The van der Waals surface area contributed by atoms with E-state index in [1.807, 2.05) is 0 Å². The summed E-state index contributed by atoms with van der Waals surface area (Å²) < 4.78 is 53.3. The maximum Gasteiger partial charge on any atom is 0.416 e. The molecular weight excluding hydrogens is 304 g/mol. The summed E-state index contributed by atoms with van der Waals surface area (Å²) in [7, 11) is 0. The number of rotatable bonds is 0. The third-order valence-corrected chi connectivity index (χ3v) is 2.48. The second-order valence-electron chi connectivity index (χ2n) is 3.48. The van der Waals surface area contributed by atoms with Crippen LogP contribution in [-0.2, 0) is 10.9 Å². The number of benzene rings is 1. The van der Waals surface area contributed by atoms with Crippen molar-refractivity contribution < 1.29 is 22.3 Å². The Kier molecular flexibility index (Phi) is 5.39. The third kappa shape index (κ3) is 5.50. The van der Waals surface area contributed by atoms with Gasteiger partial charge in [-0.25, -0.2) is 4.39 Å². The average Bonchev–Trinajstić information content (AvgIpc) is 2.72. The van der Waals surface area contributed by atoms with E-state index in [2.05, 4.69) is 15.9 Å². The zero-order valence-corrected chi connectivity index (χ0v) is 10.4. The van der Waals surface area contributed by atoms with E-state index in [-0.39, 0.29) is 4.47 Å². The second-order valence-corrected chi connectivity index (χ2v) is 4.39. The SMILES string of the molecule is C1CCOC1.Fc1cc(Br)cc(C(F)(F)F)c1. The summed E-state index contributed by atoms with van der Waals surface area (Å²) in [4.78, 5) is 0. The van der Waals surface area contributed by atoms with Crippen LogP contribution in [0.1, 0.15) is 18.4 Å². The lowest BCUT2D eigenvalue weighted by molar-refractivity contribution is -0.137. The van der Waals surface area contributed by atoms with Crippen LogP contribution in [-0.4, -0.2) is 13.2 Å². The van der Waals surface area contributed by atoms with Crippen LogP contribution in [0.4, 0.5) is 17.6 Å². The Labute approximate surface area is 105 Å². The predicted octanol–water partition coefficient (Wildman–Crippen LogP) is 4.40. The molecule has 0 unspecified atom stereocenters. The van der Waals surface area contributed by atoms with Crippen LogP contribution in [0, 0.1) is 5.82 Å². The summed E-state index contributed by atoms with van der Waals surface area (Å²) >= 11 is 2.77. The topological polar surface area (TPSA) is 9.23 Å². The Bertz CT molecular complexity index is 333. The zero-order chi connectivity index (χ0) is 12.9. The molecule has 6 heteroatoms. The zero-order valence-electron chi connectivity index (χ0n) is 8.86. The summed E-state index contributed by atoms with van der Waals surface area (Å²) in [6.45, 7) is 2.00. The van der Waals surface area contributed by atoms with E-state index < -0.39 is 17.6 Å². The molecular formula is C11H11BrF4O. The van der Waals surface area contributed by atoms with Gasteiger partial charge in [0.1, 0.15) is 5.82 Å². The van der Waals surface area contributed by atoms with Gasteiger partial charge in [0, 0.05) is 17.7 Å². The van der Waals surface area contributed by atoms with Crippen molar-refractivity contribution in [1.82, 2.24) is 0 Å². The maximum atomic E-state index is 12.4. The molecule has 1 aliphatic heterocycles. The minimum atomic E-state index is -4.50. The van der Waals surface area contributed by atoms with Crippen molar-refractivity contribution in [2.24, 2.45) is 0 Å². The number of hydrogen-bond acceptors (Lipinski definition) is 1. The highest BCUT2D eigenvalue weighted by molar-refractivity contribution is 9.10. The van der Waals surface area contributed by atoms with Gasteiger partial charge in [0.2, 0.25) is 0 Å². The van der Waals surface area contributed by atoms with E-state index >= 15 is 0 Å². The largest absolute Gasteiger partial charge is 0.416 e. The fourth-order valence-corrected chi connectivity index (χ4v) is 1.69. The lowest BCUT2D eigenvalue weighted by atomic mass is 10.2. The highest BCUT2D eigenvalue weighted by atomic mass is 79.9. The highest BCUT2D eigenvalue weighted by Gasteiger charge is 2.31. The van der Waals surface area contributed by atoms with Crippen molar-refractivity contribution in [2.45, 2.75) is 19.0 Å². The average molecular weight is 315 g/mol. The van der Waals surface area contributed by atoms with Gasteiger partial charge in [-0.15, -0.1) is 0 Å². The Morgan fingerprint density at radius 1 is 1.06 bits per heavy atom. The molecule has 0 atom stereocenters. The summed E-state index contributed by atoms with van der Waals surface area (Å²) in [5, 5.41) is 0. The van der Waals surface area contributed by atoms with Gasteiger partial charge < -0.3 is 4.74 Å². The lowest BCUT2D eigenvalue weighted by Gasteiger charge is -2.06. The summed E-state index contributed by atoms with van der Waals surface area (Å²) in [6.07, 6.45) is -1.94. The molecule has 2 rings (SSSR count). The molecule has 1 aliphatic rings. The molecule has 0 aromatic heterocycles. The quantitative estimate of drug-likeness (QED) is 0.645. The number of ether oxygens (including phenoxy) is 1. The molecule has 1 fully saturated rings. The highest BCUT2D eigenvalue weighted by Crippen LogP contribution is 2.31. The second kappa shape index (κ2) is 6.35. The molecule has 0 spiro atoms. The van der Waals surface area contributed by atoms with Crippen LogP contribution < -0.4 is 0 Å². The van der Waals surface area contributed by atoms with Crippen molar-refractivity contribution >= 4 is 15.9 Å². The Balaban J connectivity index is 0.000000239. The fraction of sp³-hybridized carbons (Fsp3) is 0.455. The molecule has 0 amide bonds. The number of halogens is 5. The fourth-order valence-electron chi connectivity index (χ4n) is 1.23. The molecule has 1 saturated heterocycles. The van der Waals surface area contributed by atoms with Gasteiger partial charge in [-0.1, -0.05) is 15.9 Å². The maximum absolute atomic E-state index is 12.4. The van der Waals surface area contributed by atoms with Crippen molar-refractivity contribution in [3.63, 3.8) is 0 Å². The predicted molar refractivity (Wildman–Crippen MR) is 59.2 cm³/mol. The molecule has 17 heavy (non-hydrogen) atoms. The molecule has 1 aromatic rings. The van der Waals surface area contributed by atoms with Crippen LogP contribution in [0.5, 0.6) is 0 Å². The van der Waals surface area contributed by atoms with E-state index in [4.69, 9.17) is 4.74 Å². The normalized spacial score (nSPS) is 15.4. The first kappa shape index (κ1) is 14.4. The first-order valence-electron chi connectivity index (χ1n) is 5.00. The number of alkyl halides is 3. The number of hydrogen-bond donors (Lipinski definition) is 0.